The number of hydrogen-bond donors (Lipinski definition) is 1. The lowest BCUT2D eigenvalue weighted by Gasteiger charge is -2.11. The third-order valence-corrected chi connectivity index (χ3v) is 4.85. The van der Waals surface area contributed by atoms with Gasteiger partial charge in [-0.25, -0.2) is 4.98 Å². The molecule has 0 bridgehead atoms. The monoisotopic (exact) mass is 408 g/mol. The van der Waals surface area contributed by atoms with Crippen molar-refractivity contribution in [3.63, 3.8) is 0 Å². The maximum Gasteiger partial charge on any atom is 0.257 e. The van der Waals surface area contributed by atoms with Crippen molar-refractivity contribution in [1.29, 1.82) is 0 Å². The van der Waals surface area contributed by atoms with Crippen LogP contribution in [0.3, 0.4) is 0 Å². The minimum Gasteiger partial charge on any atom is -0.493 e. The molecule has 0 spiro atoms. The predicted octanol–water partition coefficient (Wildman–Crippen LogP) is 5.39. The molecule has 1 amide bonds. The van der Waals surface area contributed by atoms with Crippen LogP contribution in [0, 0.1) is 0 Å². The summed E-state index contributed by atoms with van der Waals surface area (Å²) in [5.41, 5.74) is 2.02. The Morgan fingerprint density at radius 2 is 1.85 bits per heavy atom. The average Bonchev–Trinajstić information content (AvgIpc) is 3.09. The number of methoxy groups -OCH3 is 2. The van der Waals surface area contributed by atoms with Crippen molar-refractivity contribution in [2.45, 2.75) is 0 Å². The zero-order valence-electron chi connectivity index (χ0n) is 13.9. The molecule has 134 valence electrons. The fourth-order valence-corrected chi connectivity index (χ4v) is 3.43. The third kappa shape index (κ3) is 3.93. The average molecular weight is 409 g/mol. The van der Waals surface area contributed by atoms with Crippen LogP contribution in [0.2, 0.25) is 10.0 Å². The van der Waals surface area contributed by atoms with Crippen LogP contribution in [0.25, 0.3) is 11.3 Å². The summed E-state index contributed by atoms with van der Waals surface area (Å²) in [4.78, 5) is 16.9. The molecule has 3 aromatic rings. The molecule has 1 aromatic heterocycles. The molecule has 26 heavy (non-hydrogen) atoms. The van der Waals surface area contributed by atoms with E-state index in [1.807, 2.05) is 17.5 Å². The summed E-state index contributed by atoms with van der Waals surface area (Å²) in [6, 6.07) is 10.4. The van der Waals surface area contributed by atoms with Crippen molar-refractivity contribution < 1.29 is 14.3 Å². The second kappa shape index (κ2) is 7.95. The van der Waals surface area contributed by atoms with Gasteiger partial charge in [0.15, 0.2) is 16.6 Å². The molecule has 0 fully saturated rings. The lowest BCUT2D eigenvalue weighted by molar-refractivity contribution is 0.102. The van der Waals surface area contributed by atoms with E-state index in [2.05, 4.69) is 10.3 Å². The Bertz CT molecular complexity index is 942. The molecule has 1 heterocycles. The van der Waals surface area contributed by atoms with Gasteiger partial charge in [0.2, 0.25) is 0 Å². The Labute approximate surface area is 164 Å². The molecule has 0 aliphatic heterocycles. The van der Waals surface area contributed by atoms with E-state index in [0.29, 0.717) is 27.2 Å². The molecular weight excluding hydrogens is 395 g/mol. The van der Waals surface area contributed by atoms with Gasteiger partial charge in [0.25, 0.3) is 5.91 Å². The van der Waals surface area contributed by atoms with Gasteiger partial charge < -0.3 is 9.47 Å². The van der Waals surface area contributed by atoms with Crippen LogP contribution >= 0.6 is 34.5 Å². The zero-order valence-corrected chi connectivity index (χ0v) is 16.2. The van der Waals surface area contributed by atoms with Crippen LogP contribution < -0.4 is 14.8 Å². The number of carbonyl (C=O) groups excluding carboxylic acids is 1. The second-order valence-corrected chi connectivity index (χ2v) is 6.89. The second-order valence-electron chi connectivity index (χ2n) is 5.19. The Morgan fingerprint density at radius 3 is 2.50 bits per heavy atom. The Balaban J connectivity index is 1.80. The van der Waals surface area contributed by atoms with E-state index in [0.717, 1.165) is 11.3 Å². The summed E-state index contributed by atoms with van der Waals surface area (Å²) in [5, 5.41) is 6.05. The van der Waals surface area contributed by atoms with E-state index in [1.165, 1.54) is 31.6 Å². The number of amides is 1. The van der Waals surface area contributed by atoms with Crippen molar-refractivity contribution in [2.75, 3.05) is 19.5 Å². The number of thiazole rings is 1. The first-order valence-electron chi connectivity index (χ1n) is 7.46. The van der Waals surface area contributed by atoms with E-state index < -0.39 is 0 Å². The molecule has 2 aromatic carbocycles. The van der Waals surface area contributed by atoms with E-state index in [4.69, 9.17) is 32.7 Å². The first-order chi connectivity index (χ1) is 12.5. The summed E-state index contributed by atoms with van der Waals surface area (Å²) >= 11 is 13.4. The van der Waals surface area contributed by atoms with Crippen LogP contribution in [0.1, 0.15) is 10.4 Å². The van der Waals surface area contributed by atoms with Gasteiger partial charge in [0.1, 0.15) is 0 Å². The summed E-state index contributed by atoms with van der Waals surface area (Å²) in [6.45, 7) is 0. The molecule has 3 rings (SSSR count). The first kappa shape index (κ1) is 18.5. The molecule has 0 unspecified atom stereocenters. The van der Waals surface area contributed by atoms with Crippen molar-refractivity contribution in [2.24, 2.45) is 0 Å². The number of anilines is 1. The fraction of sp³-hybridized carbons (Fsp3) is 0.111. The highest BCUT2D eigenvalue weighted by Crippen LogP contribution is 2.36. The molecule has 0 saturated carbocycles. The van der Waals surface area contributed by atoms with Crippen LogP contribution in [-0.4, -0.2) is 25.1 Å². The van der Waals surface area contributed by atoms with Crippen LogP contribution in [0.4, 0.5) is 5.13 Å². The number of halogens is 2. The lowest BCUT2D eigenvalue weighted by Crippen LogP contribution is -2.12. The van der Waals surface area contributed by atoms with E-state index in [9.17, 15) is 4.79 Å². The van der Waals surface area contributed by atoms with Crippen molar-refractivity contribution in [3.05, 3.63) is 57.4 Å². The molecule has 8 heteroatoms. The smallest absolute Gasteiger partial charge is 0.257 e. The summed E-state index contributed by atoms with van der Waals surface area (Å²) in [6.07, 6.45) is 0. The zero-order chi connectivity index (χ0) is 18.7. The Kier molecular flexibility index (Phi) is 5.66. The standard InChI is InChI=1S/C18H14Cl2N2O3S/c1-24-15-8-11(7-13(20)16(15)25-2)17(23)22-18-21-14(9-26-18)10-3-5-12(19)6-4-10/h3-9H,1-2H3,(H,21,22,23). The summed E-state index contributed by atoms with van der Waals surface area (Å²) in [5.74, 6) is 0.418. The number of ether oxygens (including phenoxy) is 2. The highest BCUT2D eigenvalue weighted by Gasteiger charge is 2.16. The van der Waals surface area contributed by atoms with Gasteiger partial charge in [-0.1, -0.05) is 35.3 Å². The van der Waals surface area contributed by atoms with Gasteiger partial charge in [0.05, 0.1) is 24.9 Å². The topological polar surface area (TPSA) is 60.5 Å². The Morgan fingerprint density at radius 1 is 1.12 bits per heavy atom. The quantitative estimate of drug-likeness (QED) is 0.614. The normalized spacial score (nSPS) is 10.5. The number of aromatic nitrogens is 1. The molecule has 1 N–H and O–H groups in total. The number of nitrogens with one attached hydrogen (secondary N) is 1. The number of rotatable bonds is 5. The van der Waals surface area contributed by atoms with E-state index in [-0.39, 0.29) is 10.9 Å². The number of carbonyl (C=O) groups is 1. The number of nitrogens with zero attached hydrogens (tertiary/aromatic N) is 1. The number of benzene rings is 2. The van der Waals surface area contributed by atoms with Gasteiger partial charge in [-0.15, -0.1) is 11.3 Å². The highest BCUT2D eigenvalue weighted by molar-refractivity contribution is 7.14. The Hall–Kier alpha value is -2.28. The molecule has 5 nitrogen and oxygen atoms in total. The van der Waals surface area contributed by atoms with Crippen LogP contribution in [0.15, 0.2) is 41.8 Å². The van der Waals surface area contributed by atoms with Gasteiger partial charge in [-0.3, -0.25) is 10.1 Å². The third-order valence-electron chi connectivity index (χ3n) is 3.56. The van der Waals surface area contributed by atoms with Crippen LogP contribution in [-0.2, 0) is 0 Å². The largest absolute Gasteiger partial charge is 0.493 e. The maximum absolute atomic E-state index is 12.5. The van der Waals surface area contributed by atoms with Gasteiger partial charge >= 0.3 is 0 Å². The van der Waals surface area contributed by atoms with Crippen molar-refractivity contribution >= 4 is 45.6 Å². The lowest BCUT2D eigenvalue weighted by atomic mass is 10.2. The van der Waals surface area contributed by atoms with E-state index in [1.54, 1.807) is 18.2 Å². The molecule has 0 aliphatic rings. The van der Waals surface area contributed by atoms with Crippen LogP contribution in [0.5, 0.6) is 11.5 Å². The number of hydrogen-bond acceptors (Lipinski definition) is 5. The first-order valence-corrected chi connectivity index (χ1v) is 9.09. The maximum atomic E-state index is 12.5. The summed E-state index contributed by atoms with van der Waals surface area (Å²) in [7, 11) is 2.96. The molecule has 0 saturated heterocycles. The fourth-order valence-electron chi connectivity index (χ4n) is 2.30. The molecule has 0 atom stereocenters. The predicted molar refractivity (Wildman–Crippen MR) is 105 cm³/mol. The molecular formula is C18H14Cl2N2O3S. The van der Waals surface area contributed by atoms with Gasteiger partial charge in [0, 0.05) is 21.5 Å². The van der Waals surface area contributed by atoms with Crippen molar-refractivity contribution in [3.8, 4) is 22.8 Å². The van der Waals surface area contributed by atoms with Crippen molar-refractivity contribution in [1.82, 2.24) is 4.98 Å². The van der Waals surface area contributed by atoms with Gasteiger partial charge in [-0.05, 0) is 24.3 Å². The summed E-state index contributed by atoms with van der Waals surface area (Å²) < 4.78 is 10.4. The highest BCUT2D eigenvalue weighted by atomic mass is 35.5. The molecule has 0 radical (unpaired) electrons. The van der Waals surface area contributed by atoms with Gasteiger partial charge in [-0.2, -0.15) is 0 Å². The van der Waals surface area contributed by atoms with E-state index >= 15 is 0 Å². The minimum absolute atomic E-state index is 0.290. The molecule has 0 aliphatic carbocycles. The minimum atomic E-state index is -0.343. The SMILES string of the molecule is COc1cc(C(=O)Nc2nc(-c3ccc(Cl)cc3)cs2)cc(Cl)c1OC.